The summed E-state index contributed by atoms with van der Waals surface area (Å²) in [6.45, 7) is 0. The molecule has 0 fully saturated rings. The molecule has 1 rings (SSSR count). The summed E-state index contributed by atoms with van der Waals surface area (Å²) in [5.41, 5.74) is 0. The van der Waals surface area contributed by atoms with Crippen molar-refractivity contribution in [1.82, 2.24) is 0 Å². The van der Waals surface area contributed by atoms with E-state index in [4.69, 9.17) is 0 Å². The number of aromatic hydroxyl groups is 1. The average Bonchev–Trinajstić information content (AvgIpc) is 2.06. The van der Waals surface area contributed by atoms with Crippen LogP contribution in [0.5, 0.6) is 17.2 Å². The molecule has 0 aromatic heterocycles. The largest absolute Gasteiger partial charge is 0.573 e. The SMILES string of the molecule is COc1cccc(OC(F)(F)F)c1O. The van der Waals surface area contributed by atoms with Crippen molar-refractivity contribution in [3.05, 3.63) is 18.2 Å². The molecule has 1 N–H and O–H groups in total. The molecule has 0 unspecified atom stereocenters. The molecular formula is C8H7F3O3. The molecule has 0 heterocycles. The molecule has 0 aliphatic carbocycles. The van der Waals surface area contributed by atoms with Crippen LogP contribution in [0.2, 0.25) is 0 Å². The van der Waals surface area contributed by atoms with Crippen molar-refractivity contribution in [3.8, 4) is 17.2 Å². The first kappa shape index (κ1) is 10.5. The summed E-state index contributed by atoms with van der Waals surface area (Å²) in [5, 5.41) is 9.20. The Morgan fingerprint density at radius 2 is 1.79 bits per heavy atom. The van der Waals surface area contributed by atoms with E-state index in [-0.39, 0.29) is 5.75 Å². The summed E-state index contributed by atoms with van der Waals surface area (Å²) < 4.78 is 43.5. The van der Waals surface area contributed by atoms with Crippen LogP contribution in [-0.4, -0.2) is 18.6 Å². The lowest BCUT2D eigenvalue weighted by Gasteiger charge is -2.11. The number of rotatable bonds is 2. The molecule has 0 spiro atoms. The van der Waals surface area contributed by atoms with Gasteiger partial charge in [-0.2, -0.15) is 0 Å². The summed E-state index contributed by atoms with van der Waals surface area (Å²) >= 11 is 0. The van der Waals surface area contributed by atoms with E-state index in [2.05, 4.69) is 9.47 Å². The minimum Gasteiger partial charge on any atom is -0.502 e. The zero-order valence-electron chi connectivity index (χ0n) is 7.13. The summed E-state index contributed by atoms with van der Waals surface area (Å²) in [5.74, 6) is -1.43. The molecule has 0 radical (unpaired) electrons. The third-order valence-corrected chi connectivity index (χ3v) is 1.41. The van der Waals surface area contributed by atoms with Crippen molar-refractivity contribution in [3.63, 3.8) is 0 Å². The highest BCUT2D eigenvalue weighted by Gasteiger charge is 2.32. The maximum atomic E-state index is 11.8. The van der Waals surface area contributed by atoms with E-state index in [1.54, 1.807) is 0 Å². The molecule has 0 saturated carbocycles. The molecule has 0 bridgehead atoms. The molecule has 14 heavy (non-hydrogen) atoms. The molecule has 6 heteroatoms. The number of methoxy groups -OCH3 is 1. The number of para-hydroxylation sites is 1. The van der Waals surface area contributed by atoms with Crippen molar-refractivity contribution in [1.29, 1.82) is 0 Å². The molecule has 0 aliphatic rings. The van der Waals surface area contributed by atoms with Crippen molar-refractivity contribution in [2.45, 2.75) is 6.36 Å². The van der Waals surface area contributed by atoms with Crippen LogP contribution in [0.1, 0.15) is 0 Å². The highest BCUT2D eigenvalue weighted by molar-refractivity contribution is 5.49. The number of hydrogen-bond acceptors (Lipinski definition) is 3. The Labute approximate surface area is 77.7 Å². The van der Waals surface area contributed by atoms with E-state index in [9.17, 15) is 18.3 Å². The summed E-state index contributed by atoms with van der Waals surface area (Å²) in [6, 6.07) is 3.59. The topological polar surface area (TPSA) is 38.7 Å². The Kier molecular flexibility index (Phi) is 2.73. The van der Waals surface area contributed by atoms with Gasteiger partial charge in [0.25, 0.3) is 0 Å². The van der Waals surface area contributed by atoms with Gasteiger partial charge in [-0.05, 0) is 12.1 Å². The Hall–Kier alpha value is -1.59. The fourth-order valence-electron chi connectivity index (χ4n) is 0.874. The smallest absolute Gasteiger partial charge is 0.502 e. The van der Waals surface area contributed by atoms with Crippen molar-refractivity contribution in [2.75, 3.05) is 7.11 Å². The lowest BCUT2D eigenvalue weighted by Crippen LogP contribution is -2.17. The monoisotopic (exact) mass is 208 g/mol. The van der Waals surface area contributed by atoms with Gasteiger partial charge in [0.15, 0.2) is 11.5 Å². The lowest BCUT2D eigenvalue weighted by atomic mass is 10.3. The number of hydrogen-bond donors (Lipinski definition) is 1. The van der Waals surface area contributed by atoms with Gasteiger partial charge in [-0.25, -0.2) is 0 Å². The summed E-state index contributed by atoms with van der Waals surface area (Å²) in [7, 11) is 1.23. The maximum absolute atomic E-state index is 11.8. The second kappa shape index (κ2) is 3.65. The molecule has 78 valence electrons. The average molecular weight is 208 g/mol. The van der Waals surface area contributed by atoms with Gasteiger partial charge in [0.1, 0.15) is 0 Å². The second-order valence-corrected chi connectivity index (χ2v) is 2.35. The van der Waals surface area contributed by atoms with E-state index < -0.39 is 17.9 Å². The summed E-state index contributed by atoms with van der Waals surface area (Å²) in [6.07, 6.45) is -4.83. The standard InChI is InChI=1S/C8H7F3O3/c1-13-5-3-2-4-6(7(5)12)14-8(9,10)11/h2-4,12H,1H3. The van der Waals surface area contributed by atoms with Gasteiger partial charge in [0, 0.05) is 0 Å². The maximum Gasteiger partial charge on any atom is 0.573 e. The number of halogens is 3. The van der Waals surface area contributed by atoms with Gasteiger partial charge in [-0.15, -0.1) is 13.2 Å². The first-order valence-corrected chi connectivity index (χ1v) is 3.56. The van der Waals surface area contributed by atoms with Crippen LogP contribution in [0, 0.1) is 0 Å². The molecule has 3 nitrogen and oxygen atoms in total. The van der Waals surface area contributed by atoms with E-state index in [1.807, 2.05) is 0 Å². The Bertz CT molecular complexity index is 322. The minimum absolute atomic E-state index is 0.0771. The number of phenols is 1. The number of phenolic OH excluding ortho intramolecular Hbond substituents is 1. The van der Waals surface area contributed by atoms with Crippen LogP contribution in [-0.2, 0) is 0 Å². The normalized spacial score (nSPS) is 11.1. The third kappa shape index (κ3) is 2.45. The Balaban J connectivity index is 2.98. The van der Waals surface area contributed by atoms with Gasteiger partial charge in [-0.1, -0.05) is 6.07 Å². The molecule has 1 aromatic carbocycles. The first-order valence-electron chi connectivity index (χ1n) is 3.56. The highest BCUT2D eigenvalue weighted by Crippen LogP contribution is 2.38. The number of ether oxygens (including phenoxy) is 2. The number of benzene rings is 1. The van der Waals surface area contributed by atoms with Gasteiger partial charge < -0.3 is 14.6 Å². The minimum atomic E-state index is -4.83. The van der Waals surface area contributed by atoms with Gasteiger partial charge in [-0.3, -0.25) is 0 Å². The zero-order valence-corrected chi connectivity index (χ0v) is 7.13. The zero-order chi connectivity index (χ0) is 10.8. The highest BCUT2D eigenvalue weighted by atomic mass is 19.4. The van der Waals surface area contributed by atoms with Crippen LogP contribution in [0.4, 0.5) is 13.2 Å². The van der Waals surface area contributed by atoms with E-state index in [0.717, 1.165) is 6.07 Å². The van der Waals surface area contributed by atoms with Crippen LogP contribution in [0.3, 0.4) is 0 Å². The molecule has 0 aliphatic heterocycles. The lowest BCUT2D eigenvalue weighted by molar-refractivity contribution is -0.275. The third-order valence-electron chi connectivity index (χ3n) is 1.41. The quantitative estimate of drug-likeness (QED) is 0.810. The van der Waals surface area contributed by atoms with Crippen LogP contribution in [0.15, 0.2) is 18.2 Å². The van der Waals surface area contributed by atoms with Crippen LogP contribution >= 0.6 is 0 Å². The van der Waals surface area contributed by atoms with Crippen molar-refractivity contribution < 1.29 is 27.8 Å². The van der Waals surface area contributed by atoms with E-state index in [0.29, 0.717) is 0 Å². The Morgan fingerprint density at radius 3 is 2.29 bits per heavy atom. The van der Waals surface area contributed by atoms with Gasteiger partial charge >= 0.3 is 6.36 Å². The fourth-order valence-corrected chi connectivity index (χ4v) is 0.874. The van der Waals surface area contributed by atoms with Crippen molar-refractivity contribution >= 4 is 0 Å². The van der Waals surface area contributed by atoms with Gasteiger partial charge in [0.05, 0.1) is 7.11 Å². The predicted octanol–water partition coefficient (Wildman–Crippen LogP) is 2.30. The first-order chi connectivity index (χ1) is 6.44. The molecule has 0 atom stereocenters. The van der Waals surface area contributed by atoms with Crippen LogP contribution in [0.25, 0.3) is 0 Å². The molecule has 0 saturated heterocycles. The van der Waals surface area contributed by atoms with Gasteiger partial charge in [0.2, 0.25) is 5.75 Å². The van der Waals surface area contributed by atoms with E-state index >= 15 is 0 Å². The number of alkyl halides is 3. The van der Waals surface area contributed by atoms with Crippen molar-refractivity contribution in [2.24, 2.45) is 0 Å². The second-order valence-electron chi connectivity index (χ2n) is 2.35. The summed E-state index contributed by atoms with van der Waals surface area (Å²) in [4.78, 5) is 0. The molecular weight excluding hydrogens is 201 g/mol. The predicted molar refractivity (Wildman–Crippen MR) is 41.3 cm³/mol. The molecule has 0 amide bonds. The fraction of sp³-hybridized carbons (Fsp3) is 0.250. The molecule has 1 aromatic rings. The van der Waals surface area contributed by atoms with E-state index in [1.165, 1.54) is 19.2 Å². The Morgan fingerprint density at radius 1 is 1.21 bits per heavy atom. The van der Waals surface area contributed by atoms with Crippen LogP contribution < -0.4 is 9.47 Å².